The first-order chi connectivity index (χ1) is 8.13. The van der Waals surface area contributed by atoms with Crippen molar-refractivity contribution >= 4 is 5.91 Å². The molecule has 1 aromatic rings. The van der Waals surface area contributed by atoms with Gasteiger partial charge in [-0.15, -0.1) is 0 Å². The first-order valence-corrected chi connectivity index (χ1v) is 5.95. The lowest BCUT2D eigenvalue weighted by Crippen LogP contribution is -2.27. The molecule has 1 amide bonds. The van der Waals surface area contributed by atoms with Crippen LogP contribution >= 0.6 is 0 Å². The van der Waals surface area contributed by atoms with E-state index in [0.717, 1.165) is 6.42 Å². The molecule has 1 rings (SSSR count). The maximum absolute atomic E-state index is 11.5. The number of carbonyl (C=O) groups excluding carboxylic acids is 1. The van der Waals surface area contributed by atoms with Crippen LogP contribution in [0.1, 0.15) is 23.1 Å². The highest BCUT2D eigenvalue weighted by atomic mass is 16.5. The number of rotatable bonds is 6. The van der Waals surface area contributed by atoms with Crippen molar-refractivity contribution in [2.75, 3.05) is 20.3 Å². The van der Waals surface area contributed by atoms with Crippen LogP contribution in [0.2, 0.25) is 0 Å². The molecule has 17 heavy (non-hydrogen) atoms. The summed E-state index contributed by atoms with van der Waals surface area (Å²) < 4.78 is 4.87. The Morgan fingerprint density at radius 3 is 2.76 bits per heavy atom. The van der Waals surface area contributed by atoms with Gasteiger partial charge in [-0.2, -0.15) is 0 Å². The van der Waals surface area contributed by atoms with Crippen molar-refractivity contribution < 1.29 is 9.53 Å². The number of hydrogen-bond acceptors (Lipinski definition) is 2. The van der Waals surface area contributed by atoms with E-state index in [9.17, 15) is 4.79 Å². The third kappa shape index (κ3) is 5.00. The Morgan fingerprint density at radius 2 is 2.12 bits per heavy atom. The fourth-order valence-corrected chi connectivity index (χ4v) is 1.76. The minimum absolute atomic E-state index is 0.0852. The number of nitrogens with one attached hydrogen (secondary N) is 1. The molecule has 0 heterocycles. The molecule has 3 heteroatoms. The number of amides is 1. The third-order valence-electron chi connectivity index (χ3n) is 2.75. The summed E-state index contributed by atoms with van der Waals surface area (Å²) in [6.07, 6.45) is 1.33. The maximum atomic E-state index is 11.5. The Balaban J connectivity index is 2.37. The van der Waals surface area contributed by atoms with Crippen molar-refractivity contribution in [3.8, 4) is 0 Å². The third-order valence-corrected chi connectivity index (χ3v) is 2.75. The van der Waals surface area contributed by atoms with Gasteiger partial charge >= 0.3 is 0 Å². The summed E-state index contributed by atoms with van der Waals surface area (Å²) >= 11 is 0. The lowest BCUT2D eigenvalue weighted by atomic mass is 10.0. The summed E-state index contributed by atoms with van der Waals surface area (Å²) in [4.78, 5) is 11.5. The summed E-state index contributed by atoms with van der Waals surface area (Å²) in [5, 5.41) is 2.82. The van der Waals surface area contributed by atoms with E-state index in [1.807, 2.05) is 0 Å². The van der Waals surface area contributed by atoms with E-state index in [1.54, 1.807) is 7.11 Å². The SMILES string of the molecule is COCCNC(=O)CCc1ccc(C)cc1C. The lowest BCUT2D eigenvalue weighted by Gasteiger charge is -2.07. The zero-order valence-electron chi connectivity index (χ0n) is 10.9. The average molecular weight is 235 g/mol. The molecule has 0 saturated carbocycles. The van der Waals surface area contributed by atoms with Crippen molar-refractivity contribution in [1.29, 1.82) is 0 Å². The molecule has 0 aromatic heterocycles. The van der Waals surface area contributed by atoms with Crippen LogP contribution in [-0.2, 0) is 16.0 Å². The molecule has 0 spiro atoms. The number of benzene rings is 1. The van der Waals surface area contributed by atoms with E-state index in [-0.39, 0.29) is 5.91 Å². The molecule has 0 aliphatic heterocycles. The Bertz CT molecular complexity index is 374. The molecule has 0 saturated heterocycles. The summed E-state index contributed by atoms with van der Waals surface area (Å²) in [6.45, 7) is 5.32. The largest absolute Gasteiger partial charge is 0.383 e. The van der Waals surface area contributed by atoms with Gasteiger partial charge in [0.2, 0.25) is 5.91 Å². The van der Waals surface area contributed by atoms with E-state index in [1.165, 1.54) is 16.7 Å². The van der Waals surface area contributed by atoms with Gasteiger partial charge in [-0.05, 0) is 31.4 Å². The highest BCUT2D eigenvalue weighted by molar-refractivity contribution is 5.76. The van der Waals surface area contributed by atoms with Crippen molar-refractivity contribution in [2.45, 2.75) is 26.7 Å². The van der Waals surface area contributed by atoms with Crippen LogP contribution in [0.5, 0.6) is 0 Å². The number of methoxy groups -OCH3 is 1. The van der Waals surface area contributed by atoms with Crippen molar-refractivity contribution in [3.05, 3.63) is 34.9 Å². The minimum Gasteiger partial charge on any atom is -0.383 e. The molecule has 1 aromatic carbocycles. The number of carbonyl (C=O) groups is 1. The molecule has 94 valence electrons. The van der Waals surface area contributed by atoms with Crippen molar-refractivity contribution in [1.82, 2.24) is 5.32 Å². The van der Waals surface area contributed by atoms with Gasteiger partial charge in [0.05, 0.1) is 6.61 Å². The first-order valence-electron chi connectivity index (χ1n) is 5.95. The summed E-state index contributed by atoms with van der Waals surface area (Å²) in [5.41, 5.74) is 3.77. The highest BCUT2D eigenvalue weighted by Crippen LogP contribution is 2.12. The molecular formula is C14H21NO2. The quantitative estimate of drug-likeness (QED) is 0.766. The van der Waals surface area contributed by atoms with Crippen molar-refractivity contribution in [3.63, 3.8) is 0 Å². The second-order valence-electron chi connectivity index (χ2n) is 4.27. The Labute approximate surface area is 103 Å². The maximum Gasteiger partial charge on any atom is 0.220 e. The monoisotopic (exact) mass is 235 g/mol. The van der Waals surface area contributed by atoms with Gasteiger partial charge in [0.25, 0.3) is 0 Å². The van der Waals surface area contributed by atoms with Crippen LogP contribution in [0.15, 0.2) is 18.2 Å². The van der Waals surface area contributed by atoms with Gasteiger partial charge < -0.3 is 10.1 Å². The molecule has 0 fully saturated rings. The molecule has 0 unspecified atom stereocenters. The van der Waals surface area contributed by atoms with Crippen LogP contribution in [0.4, 0.5) is 0 Å². The second-order valence-corrected chi connectivity index (χ2v) is 4.27. The van der Waals surface area contributed by atoms with E-state index < -0.39 is 0 Å². The zero-order valence-corrected chi connectivity index (χ0v) is 10.9. The van der Waals surface area contributed by atoms with Crippen LogP contribution < -0.4 is 5.32 Å². The average Bonchev–Trinajstić information content (AvgIpc) is 2.28. The fraction of sp³-hybridized carbons (Fsp3) is 0.500. The molecule has 1 N–H and O–H groups in total. The molecule has 0 aliphatic rings. The van der Waals surface area contributed by atoms with Gasteiger partial charge in [0.1, 0.15) is 0 Å². The molecule has 0 aliphatic carbocycles. The summed E-state index contributed by atoms with van der Waals surface area (Å²) in [7, 11) is 1.63. The number of aryl methyl sites for hydroxylation is 3. The lowest BCUT2D eigenvalue weighted by molar-refractivity contribution is -0.121. The molecule has 3 nitrogen and oxygen atoms in total. The Kier molecular flexibility index (Phi) is 5.70. The zero-order chi connectivity index (χ0) is 12.7. The first kappa shape index (κ1) is 13.7. The highest BCUT2D eigenvalue weighted by Gasteiger charge is 2.03. The Hall–Kier alpha value is -1.35. The fourth-order valence-electron chi connectivity index (χ4n) is 1.76. The van der Waals surface area contributed by atoms with Crippen LogP contribution in [0, 0.1) is 13.8 Å². The predicted octanol–water partition coefficient (Wildman–Crippen LogP) is 2.00. The standard InChI is InChI=1S/C14H21NO2/c1-11-4-5-13(12(2)10-11)6-7-14(16)15-8-9-17-3/h4-5,10H,6-9H2,1-3H3,(H,15,16). The van der Waals surface area contributed by atoms with E-state index in [4.69, 9.17) is 4.74 Å². The minimum atomic E-state index is 0.0852. The van der Waals surface area contributed by atoms with Crippen LogP contribution in [0.3, 0.4) is 0 Å². The van der Waals surface area contributed by atoms with Crippen LogP contribution in [0.25, 0.3) is 0 Å². The Morgan fingerprint density at radius 1 is 1.35 bits per heavy atom. The van der Waals surface area contributed by atoms with E-state index >= 15 is 0 Å². The molecular weight excluding hydrogens is 214 g/mol. The van der Waals surface area contributed by atoms with Gasteiger partial charge in [0, 0.05) is 20.1 Å². The number of hydrogen-bond donors (Lipinski definition) is 1. The van der Waals surface area contributed by atoms with Gasteiger partial charge in [-0.1, -0.05) is 23.8 Å². The smallest absolute Gasteiger partial charge is 0.220 e. The predicted molar refractivity (Wildman–Crippen MR) is 69.1 cm³/mol. The second kappa shape index (κ2) is 7.07. The van der Waals surface area contributed by atoms with Crippen molar-refractivity contribution in [2.24, 2.45) is 0 Å². The molecule has 0 bridgehead atoms. The summed E-state index contributed by atoms with van der Waals surface area (Å²) in [6, 6.07) is 6.34. The van der Waals surface area contributed by atoms with Gasteiger partial charge in [-0.25, -0.2) is 0 Å². The van der Waals surface area contributed by atoms with Gasteiger partial charge in [-0.3, -0.25) is 4.79 Å². The van der Waals surface area contributed by atoms with E-state index in [2.05, 4.69) is 37.4 Å². The topological polar surface area (TPSA) is 38.3 Å². The van der Waals surface area contributed by atoms with E-state index in [0.29, 0.717) is 19.6 Å². The normalized spacial score (nSPS) is 10.3. The molecule has 0 atom stereocenters. The molecule has 0 radical (unpaired) electrons. The van der Waals surface area contributed by atoms with Crippen LogP contribution in [-0.4, -0.2) is 26.2 Å². The number of ether oxygens (including phenoxy) is 1. The summed E-state index contributed by atoms with van der Waals surface area (Å²) in [5.74, 6) is 0.0852. The van der Waals surface area contributed by atoms with Gasteiger partial charge in [0.15, 0.2) is 0 Å².